The van der Waals surface area contributed by atoms with Crippen LogP contribution in [0.2, 0.25) is 0 Å². The van der Waals surface area contributed by atoms with Crippen LogP contribution in [0.4, 0.5) is 5.69 Å². The maximum Gasteiger partial charge on any atom is 0.0644 e. The number of rotatable bonds is 4. The summed E-state index contributed by atoms with van der Waals surface area (Å²) < 4.78 is 0. The van der Waals surface area contributed by atoms with Gasteiger partial charge in [0.15, 0.2) is 0 Å². The number of hydrogen-bond acceptors (Lipinski definition) is 2. The maximum atomic E-state index is 2.63. The first-order valence-electron chi connectivity index (χ1n) is 8.08. The number of anilines is 1. The van der Waals surface area contributed by atoms with Gasteiger partial charge in [0.1, 0.15) is 0 Å². The third-order valence-electron chi connectivity index (χ3n) is 5.18. The van der Waals surface area contributed by atoms with Gasteiger partial charge in [-0.2, -0.15) is 0 Å². The number of benzene rings is 1. The molecule has 0 atom stereocenters. The Morgan fingerprint density at radius 1 is 1.14 bits per heavy atom. The lowest BCUT2D eigenvalue weighted by atomic mass is 9.78. The SMILES string of the molecule is CCN(c1ccccc1)C1(C(C)=C2C=C2)CCN(C)CC1. The first kappa shape index (κ1) is 14.4. The Hall–Kier alpha value is -1.54. The molecule has 2 aliphatic rings. The molecular weight excluding hydrogens is 256 g/mol. The zero-order valence-corrected chi connectivity index (χ0v) is 13.5. The van der Waals surface area contributed by atoms with Crippen LogP contribution in [0.1, 0.15) is 26.7 Å². The molecular formula is C19H26N2. The molecule has 0 aromatic heterocycles. The van der Waals surface area contributed by atoms with Gasteiger partial charge in [-0.05, 0) is 57.0 Å². The van der Waals surface area contributed by atoms with Gasteiger partial charge in [0.05, 0.1) is 5.54 Å². The molecule has 0 saturated carbocycles. The molecule has 0 N–H and O–H groups in total. The van der Waals surface area contributed by atoms with E-state index in [0.29, 0.717) is 0 Å². The number of allylic oxidation sites excluding steroid dienone is 3. The van der Waals surface area contributed by atoms with E-state index in [0.717, 1.165) is 6.54 Å². The quantitative estimate of drug-likeness (QED) is 0.827. The Balaban J connectivity index is 2.00. The highest BCUT2D eigenvalue weighted by atomic mass is 15.2. The third-order valence-corrected chi connectivity index (χ3v) is 5.18. The zero-order valence-electron chi connectivity index (χ0n) is 13.5. The normalized spacial score (nSPS) is 20.4. The van der Waals surface area contributed by atoms with Crippen molar-refractivity contribution in [3.63, 3.8) is 0 Å². The summed E-state index contributed by atoms with van der Waals surface area (Å²) in [5.74, 6) is 0. The van der Waals surface area contributed by atoms with Crippen LogP contribution in [-0.4, -0.2) is 37.1 Å². The van der Waals surface area contributed by atoms with Crippen molar-refractivity contribution in [2.75, 3.05) is 31.6 Å². The first-order valence-corrected chi connectivity index (χ1v) is 8.08. The Morgan fingerprint density at radius 2 is 1.76 bits per heavy atom. The largest absolute Gasteiger partial charge is 0.362 e. The van der Waals surface area contributed by atoms with Crippen molar-refractivity contribution >= 4 is 5.69 Å². The summed E-state index contributed by atoms with van der Waals surface area (Å²) in [7, 11) is 2.24. The van der Waals surface area contributed by atoms with Crippen molar-refractivity contribution < 1.29 is 0 Å². The minimum Gasteiger partial charge on any atom is -0.362 e. The fourth-order valence-electron chi connectivity index (χ4n) is 3.74. The Kier molecular flexibility index (Phi) is 3.90. The molecule has 2 heteroatoms. The van der Waals surface area contributed by atoms with Gasteiger partial charge in [0.2, 0.25) is 0 Å². The van der Waals surface area contributed by atoms with Gasteiger partial charge in [-0.15, -0.1) is 0 Å². The Labute approximate surface area is 128 Å². The third kappa shape index (κ3) is 2.65. The fourth-order valence-corrected chi connectivity index (χ4v) is 3.74. The number of likely N-dealkylation sites (tertiary alicyclic amines) is 1. The first-order chi connectivity index (χ1) is 10.2. The summed E-state index contributed by atoms with van der Waals surface area (Å²) >= 11 is 0. The van der Waals surface area contributed by atoms with Crippen LogP contribution in [0.5, 0.6) is 0 Å². The van der Waals surface area contributed by atoms with Gasteiger partial charge < -0.3 is 9.80 Å². The molecule has 2 nitrogen and oxygen atoms in total. The molecule has 0 unspecified atom stereocenters. The highest BCUT2D eigenvalue weighted by molar-refractivity contribution is 5.58. The van der Waals surface area contributed by atoms with Gasteiger partial charge in [-0.1, -0.05) is 30.4 Å². The average Bonchev–Trinajstić information content (AvgIpc) is 3.35. The smallest absolute Gasteiger partial charge is 0.0644 e. The van der Waals surface area contributed by atoms with Gasteiger partial charge in [0, 0.05) is 25.3 Å². The average molecular weight is 282 g/mol. The number of likely N-dealkylation sites (N-methyl/N-ethyl adjacent to an activating group) is 1. The van der Waals surface area contributed by atoms with E-state index in [9.17, 15) is 0 Å². The summed E-state index contributed by atoms with van der Waals surface area (Å²) in [6.07, 6.45) is 6.94. The summed E-state index contributed by atoms with van der Waals surface area (Å²) in [5, 5.41) is 0. The van der Waals surface area contributed by atoms with E-state index in [1.165, 1.54) is 37.2 Å². The molecule has 1 aliphatic heterocycles. The van der Waals surface area contributed by atoms with E-state index < -0.39 is 0 Å². The standard InChI is InChI=1S/C19H26N2/c1-4-21(18-8-6-5-7-9-18)19(16(2)17-10-11-17)12-14-20(3)15-13-19/h5-11H,4,12-15H2,1-3H3. The van der Waals surface area contributed by atoms with E-state index >= 15 is 0 Å². The van der Waals surface area contributed by atoms with Gasteiger partial charge in [-0.3, -0.25) is 0 Å². The minimum atomic E-state index is 0.182. The van der Waals surface area contributed by atoms with Crippen molar-refractivity contribution in [2.24, 2.45) is 0 Å². The number of hydrogen-bond donors (Lipinski definition) is 0. The van der Waals surface area contributed by atoms with Crippen LogP contribution >= 0.6 is 0 Å². The lowest BCUT2D eigenvalue weighted by Gasteiger charge is -2.50. The molecule has 1 aromatic rings. The summed E-state index contributed by atoms with van der Waals surface area (Å²) in [5.41, 5.74) is 4.56. The molecule has 1 aromatic carbocycles. The highest BCUT2D eigenvalue weighted by Crippen LogP contribution is 2.41. The van der Waals surface area contributed by atoms with Crippen LogP contribution < -0.4 is 4.90 Å². The monoisotopic (exact) mass is 282 g/mol. The molecule has 3 rings (SSSR count). The Morgan fingerprint density at radius 3 is 2.29 bits per heavy atom. The molecule has 0 spiro atoms. The van der Waals surface area contributed by atoms with E-state index in [2.05, 4.69) is 73.2 Å². The lowest BCUT2D eigenvalue weighted by Crippen LogP contribution is -2.56. The van der Waals surface area contributed by atoms with Crippen molar-refractivity contribution in [2.45, 2.75) is 32.2 Å². The second-order valence-electron chi connectivity index (χ2n) is 6.33. The molecule has 21 heavy (non-hydrogen) atoms. The van der Waals surface area contributed by atoms with Crippen molar-refractivity contribution in [3.8, 4) is 0 Å². The van der Waals surface area contributed by atoms with E-state index in [1.807, 2.05) is 0 Å². The molecule has 0 amide bonds. The van der Waals surface area contributed by atoms with Gasteiger partial charge >= 0.3 is 0 Å². The fraction of sp³-hybridized carbons (Fsp3) is 0.474. The second-order valence-corrected chi connectivity index (χ2v) is 6.33. The topological polar surface area (TPSA) is 6.48 Å². The van der Waals surface area contributed by atoms with Gasteiger partial charge in [-0.25, -0.2) is 0 Å². The van der Waals surface area contributed by atoms with Crippen LogP contribution in [0.25, 0.3) is 0 Å². The molecule has 0 bridgehead atoms. The lowest BCUT2D eigenvalue weighted by molar-refractivity contribution is 0.205. The zero-order chi connectivity index (χ0) is 14.9. The molecule has 112 valence electrons. The van der Waals surface area contributed by atoms with Crippen LogP contribution in [0.3, 0.4) is 0 Å². The molecule has 0 radical (unpaired) electrons. The molecule has 1 saturated heterocycles. The van der Waals surface area contributed by atoms with Crippen molar-refractivity contribution in [1.29, 1.82) is 0 Å². The predicted octanol–water partition coefficient (Wildman–Crippen LogP) is 3.86. The van der Waals surface area contributed by atoms with E-state index in [1.54, 1.807) is 5.57 Å². The highest BCUT2D eigenvalue weighted by Gasteiger charge is 2.41. The number of nitrogens with zero attached hydrogens (tertiary/aromatic N) is 2. The van der Waals surface area contributed by atoms with Gasteiger partial charge in [0.25, 0.3) is 0 Å². The van der Waals surface area contributed by atoms with Crippen molar-refractivity contribution in [1.82, 2.24) is 4.90 Å². The molecule has 1 fully saturated rings. The summed E-state index contributed by atoms with van der Waals surface area (Å²) in [4.78, 5) is 5.08. The molecule has 1 aliphatic carbocycles. The van der Waals surface area contributed by atoms with Crippen LogP contribution in [0, 0.1) is 0 Å². The summed E-state index contributed by atoms with van der Waals surface area (Å²) in [6.45, 7) is 8.03. The minimum absolute atomic E-state index is 0.182. The number of piperidine rings is 1. The summed E-state index contributed by atoms with van der Waals surface area (Å²) in [6, 6.07) is 10.9. The van der Waals surface area contributed by atoms with Crippen LogP contribution in [0.15, 0.2) is 53.6 Å². The number of para-hydroxylation sites is 1. The second kappa shape index (κ2) is 5.69. The molecule has 1 heterocycles. The van der Waals surface area contributed by atoms with E-state index in [4.69, 9.17) is 0 Å². The Bertz CT molecular complexity index is 540. The predicted molar refractivity (Wildman–Crippen MR) is 90.8 cm³/mol. The van der Waals surface area contributed by atoms with Crippen LogP contribution in [-0.2, 0) is 0 Å². The van der Waals surface area contributed by atoms with E-state index in [-0.39, 0.29) is 5.54 Å². The maximum absolute atomic E-state index is 2.63. The van der Waals surface area contributed by atoms with Crippen molar-refractivity contribution in [3.05, 3.63) is 53.6 Å².